The van der Waals surface area contributed by atoms with Crippen LogP contribution in [0.1, 0.15) is 40.2 Å². The largest absolute Gasteiger partial charge is 0.481 e. The van der Waals surface area contributed by atoms with E-state index in [1.807, 2.05) is 38.1 Å². The lowest BCUT2D eigenvalue weighted by atomic mass is 9.96. The van der Waals surface area contributed by atoms with Crippen LogP contribution in [-0.4, -0.2) is 40.1 Å². The molecule has 0 radical (unpaired) electrons. The highest BCUT2D eigenvalue weighted by molar-refractivity contribution is 7.98. The van der Waals surface area contributed by atoms with Crippen LogP contribution in [0, 0.1) is 19.8 Å². The van der Waals surface area contributed by atoms with Crippen molar-refractivity contribution in [1.82, 2.24) is 10.1 Å². The number of aliphatic carboxylic acids is 1. The molecule has 0 spiro atoms. The number of hydrogen-bond donors (Lipinski definition) is 1. The number of aromatic nitrogens is 1. The van der Waals surface area contributed by atoms with Gasteiger partial charge in [-0.05, 0) is 38.8 Å². The van der Waals surface area contributed by atoms with Gasteiger partial charge in [-0.25, -0.2) is 0 Å². The smallest absolute Gasteiger partial charge is 0.306 e. The van der Waals surface area contributed by atoms with E-state index in [-0.39, 0.29) is 11.8 Å². The van der Waals surface area contributed by atoms with Crippen LogP contribution < -0.4 is 0 Å². The fraction of sp³-hybridized carbons (Fsp3) is 0.421. The lowest BCUT2D eigenvalue weighted by molar-refractivity contribution is -0.143. The number of carboxylic acid groups (broad SMARTS) is 1. The lowest BCUT2D eigenvalue weighted by Crippen LogP contribution is -2.40. The monoisotopic (exact) mass is 374 g/mol. The molecule has 3 rings (SSSR count). The third-order valence-corrected chi connectivity index (χ3v) is 5.90. The molecule has 2 heterocycles. The van der Waals surface area contributed by atoms with Gasteiger partial charge in [-0.1, -0.05) is 17.3 Å². The molecular weight excluding hydrogens is 352 g/mol. The molecule has 1 saturated heterocycles. The average molecular weight is 374 g/mol. The Balaban J connectivity index is 1.71. The minimum Gasteiger partial charge on any atom is -0.481 e. The van der Waals surface area contributed by atoms with Gasteiger partial charge in [0, 0.05) is 29.3 Å². The van der Waals surface area contributed by atoms with Gasteiger partial charge in [-0.15, -0.1) is 11.8 Å². The van der Waals surface area contributed by atoms with E-state index in [1.165, 1.54) is 0 Å². The third-order valence-electron chi connectivity index (χ3n) is 4.80. The second kappa shape index (κ2) is 7.95. The van der Waals surface area contributed by atoms with Gasteiger partial charge in [-0.3, -0.25) is 9.59 Å². The number of nitrogens with zero attached hydrogens (tertiary/aromatic N) is 2. The van der Waals surface area contributed by atoms with Gasteiger partial charge < -0.3 is 14.5 Å². The van der Waals surface area contributed by atoms with Crippen molar-refractivity contribution in [2.45, 2.75) is 37.3 Å². The Bertz CT molecular complexity index is 790. The summed E-state index contributed by atoms with van der Waals surface area (Å²) >= 11 is 1.59. The molecule has 2 aromatic rings. The number of carbonyl (C=O) groups is 2. The van der Waals surface area contributed by atoms with Crippen molar-refractivity contribution >= 4 is 23.6 Å². The van der Waals surface area contributed by atoms with Crippen LogP contribution in [0.4, 0.5) is 0 Å². The standard InChI is InChI=1S/C19H22N2O4S/c1-12-16(13(2)25-20-12)11-26-17-6-4-3-5-15(17)18(22)21-9-7-14(8-10-21)19(23)24/h3-6,14H,7-11H2,1-2H3,(H,23,24). The Morgan fingerprint density at radius 3 is 2.58 bits per heavy atom. The molecule has 1 aromatic heterocycles. The Morgan fingerprint density at radius 2 is 1.96 bits per heavy atom. The first-order chi connectivity index (χ1) is 12.5. The molecule has 0 unspecified atom stereocenters. The molecule has 0 saturated carbocycles. The number of carbonyl (C=O) groups excluding carboxylic acids is 1. The Labute approximate surface area is 156 Å². The number of carboxylic acids is 1. The van der Waals surface area contributed by atoms with E-state index in [4.69, 9.17) is 9.63 Å². The van der Waals surface area contributed by atoms with Gasteiger partial charge in [0.1, 0.15) is 5.76 Å². The van der Waals surface area contributed by atoms with Gasteiger partial charge >= 0.3 is 5.97 Å². The third kappa shape index (κ3) is 3.93. The van der Waals surface area contributed by atoms with Crippen LogP contribution >= 0.6 is 11.8 Å². The number of aryl methyl sites for hydroxylation is 2. The highest BCUT2D eigenvalue weighted by Crippen LogP contribution is 2.30. The molecule has 0 aliphatic carbocycles. The molecule has 1 N–H and O–H groups in total. The summed E-state index contributed by atoms with van der Waals surface area (Å²) in [6.45, 7) is 4.77. The molecule has 1 amide bonds. The number of hydrogen-bond acceptors (Lipinski definition) is 5. The molecule has 138 valence electrons. The maximum Gasteiger partial charge on any atom is 0.306 e. The normalized spacial score (nSPS) is 15.2. The fourth-order valence-electron chi connectivity index (χ4n) is 3.13. The second-order valence-corrected chi connectivity index (χ2v) is 7.51. The van der Waals surface area contributed by atoms with Crippen molar-refractivity contribution in [1.29, 1.82) is 0 Å². The second-order valence-electron chi connectivity index (χ2n) is 6.49. The zero-order valence-electron chi connectivity index (χ0n) is 14.9. The first kappa shape index (κ1) is 18.5. The Kier molecular flexibility index (Phi) is 5.66. The van der Waals surface area contributed by atoms with E-state index in [0.29, 0.717) is 37.2 Å². The fourth-order valence-corrected chi connectivity index (χ4v) is 4.32. The average Bonchev–Trinajstić information content (AvgIpc) is 2.97. The van der Waals surface area contributed by atoms with Gasteiger partial charge in [0.25, 0.3) is 5.91 Å². The van der Waals surface area contributed by atoms with E-state index in [0.717, 1.165) is 21.9 Å². The molecule has 26 heavy (non-hydrogen) atoms. The molecule has 1 aromatic carbocycles. The van der Waals surface area contributed by atoms with Gasteiger partial charge in [-0.2, -0.15) is 0 Å². The van der Waals surface area contributed by atoms with Crippen molar-refractivity contribution < 1.29 is 19.2 Å². The van der Waals surface area contributed by atoms with Crippen molar-refractivity contribution in [2.75, 3.05) is 13.1 Å². The molecule has 1 fully saturated rings. The van der Waals surface area contributed by atoms with Crippen LogP contribution in [0.3, 0.4) is 0 Å². The lowest BCUT2D eigenvalue weighted by Gasteiger charge is -2.30. The zero-order valence-corrected chi connectivity index (χ0v) is 15.7. The summed E-state index contributed by atoms with van der Waals surface area (Å²) in [7, 11) is 0. The SMILES string of the molecule is Cc1noc(C)c1CSc1ccccc1C(=O)N1CCC(C(=O)O)CC1. The topological polar surface area (TPSA) is 83.6 Å². The molecule has 0 atom stereocenters. The molecule has 7 heteroatoms. The van der Waals surface area contributed by atoms with Crippen LogP contribution in [0.15, 0.2) is 33.7 Å². The van der Waals surface area contributed by atoms with Crippen molar-refractivity contribution in [3.8, 4) is 0 Å². The summed E-state index contributed by atoms with van der Waals surface area (Å²) < 4.78 is 5.20. The highest BCUT2D eigenvalue weighted by atomic mass is 32.2. The minimum atomic E-state index is -0.771. The number of amides is 1. The highest BCUT2D eigenvalue weighted by Gasteiger charge is 2.28. The first-order valence-corrected chi connectivity index (χ1v) is 9.61. The Morgan fingerprint density at radius 1 is 1.27 bits per heavy atom. The van der Waals surface area contributed by atoms with Gasteiger partial charge in [0.2, 0.25) is 0 Å². The number of benzene rings is 1. The minimum absolute atomic E-state index is 0.0318. The van der Waals surface area contributed by atoms with Crippen LogP contribution in [0.25, 0.3) is 0 Å². The summed E-state index contributed by atoms with van der Waals surface area (Å²) in [6, 6.07) is 7.56. The van der Waals surface area contributed by atoms with E-state index in [9.17, 15) is 9.59 Å². The number of piperidine rings is 1. The number of rotatable bonds is 5. The maximum absolute atomic E-state index is 12.9. The van der Waals surface area contributed by atoms with Crippen LogP contribution in [0.5, 0.6) is 0 Å². The van der Waals surface area contributed by atoms with Crippen molar-refractivity contribution in [2.24, 2.45) is 5.92 Å². The summed E-state index contributed by atoms with van der Waals surface area (Å²) in [4.78, 5) is 26.7. The molecule has 1 aliphatic rings. The summed E-state index contributed by atoms with van der Waals surface area (Å²) in [6.07, 6.45) is 1.02. The predicted molar refractivity (Wildman–Crippen MR) is 98.2 cm³/mol. The summed E-state index contributed by atoms with van der Waals surface area (Å²) in [5.41, 5.74) is 2.59. The quantitative estimate of drug-likeness (QED) is 0.806. The van der Waals surface area contributed by atoms with Gasteiger partial charge in [0.15, 0.2) is 0 Å². The molecular formula is C19H22N2O4S. The molecule has 0 bridgehead atoms. The predicted octanol–water partition coefficient (Wildman–Crippen LogP) is 3.52. The van der Waals surface area contributed by atoms with E-state index in [2.05, 4.69) is 5.16 Å². The van der Waals surface area contributed by atoms with E-state index < -0.39 is 5.97 Å². The zero-order chi connectivity index (χ0) is 18.7. The van der Waals surface area contributed by atoms with E-state index >= 15 is 0 Å². The summed E-state index contributed by atoms with van der Waals surface area (Å²) in [5.74, 6) is 0.341. The molecule has 6 nitrogen and oxygen atoms in total. The Hall–Kier alpha value is -2.28. The number of thioether (sulfide) groups is 1. The van der Waals surface area contributed by atoms with Crippen LogP contribution in [-0.2, 0) is 10.5 Å². The maximum atomic E-state index is 12.9. The van der Waals surface area contributed by atoms with Gasteiger partial charge in [0.05, 0.1) is 17.2 Å². The van der Waals surface area contributed by atoms with E-state index in [1.54, 1.807) is 16.7 Å². The summed E-state index contributed by atoms with van der Waals surface area (Å²) in [5, 5.41) is 13.1. The van der Waals surface area contributed by atoms with Crippen LogP contribution in [0.2, 0.25) is 0 Å². The van der Waals surface area contributed by atoms with Crippen molar-refractivity contribution in [3.63, 3.8) is 0 Å². The molecule has 1 aliphatic heterocycles. The van der Waals surface area contributed by atoms with Crippen molar-refractivity contribution in [3.05, 3.63) is 46.8 Å². The first-order valence-electron chi connectivity index (χ1n) is 8.63. The number of likely N-dealkylation sites (tertiary alicyclic amines) is 1.